The van der Waals surface area contributed by atoms with Crippen molar-refractivity contribution in [1.82, 2.24) is 10.2 Å². The lowest BCUT2D eigenvalue weighted by atomic mass is 10.1. The van der Waals surface area contributed by atoms with Crippen LogP contribution in [-0.4, -0.2) is 36.4 Å². The monoisotopic (exact) mass is 372 g/mol. The second-order valence-corrected chi connectivity index (χ2v) is 6.21. The Kier molecular flexibility index (Phi) is 7.34. The Morgan fingerprint density at radius 3 is 2.41 bits per heavy atom. The van der Waals surface area contributed by atoms with Gasteiger partial charge in [0.2, 0.25) is 11.8 Å². The quantitative estimate of drug-likeness (QED) is 0.775. The Morgan fingerprint density at radius 1 is 1.15 bits per heavy atom. The fraction of sp³-hybridized carbons (Fsp3) is 0.333. The van der Waals surface area contributed by atoms with Gasteiger partial charge in [-0.1, -0.05) is 30.3 Å². The van der Waals surface area contributed by atoms with Gasteiger partial charge in [0.15, 0.2) is 0 Å². The summed E-state index contributed by atoms with van der Waals surface area (Å²) in [5.74, 6) is -0.216. The van der Waals surface area contributed by atoms with E-state index >= 15 is 0 Å². The second-order valence-electron chi connectivity index (χ2n) is 6.21. The number of nitrogens with zero attached hydrogens (tertiary/aromatic N) is 1. The van der Waals surface area contributed by atoms with Crippen LogP contribution in [0.2, 0.25) is 0 Å². The minimum absolute atomic E-state index is 0.0277. The van der Waals surface area contributed by atoms with Crippen molar-refractivity contribution < 1.29 is 18.7 Å². The van der Waals surface area contributed by atoms with Gasteiger partial charge in [-0.25, -0.2) is 4.39 Å². The van der Waals surface area contributed by atoms with Gasteiger partial charge in [-0.2, -0.15) is 0 Å². The van der Waals surface area contributed by atoms with Crippen molar-refractivity contribution in [2.45, 2.75) is 32.9 Å². The molecule has 2 rings (SSSR count). The molecular formula is C21H25FN2O3. The lowest BCUT2D eigenvalue weighted by Crippen LogP contribution is -2.48. The van der Waals surface area contributed by atoms with Crippen molar-refractivity contribution in [2.24, 2.45) is 0 Å². The van der Waals surface area contributed by atoms with Crippen molar-refractivity contribution >= 4 is 11.8 Å². The van der Waals surface area contributed by atoms with Crippen LogP contribution in [0, 0.1) is 5.82 Å². The maximum Gasteiger partial charge on any atom is 0.242 e. The van der Waals surface area contributed by atoms with Crippen molar-refractivity contribution in [3.8, 4) is 5.75 Å². The van der Waals surface area contributed by atoms with Crippen LogP contribution >= 0.6 is 0 Å². The van der Waals surface area contributed by atoms with Crippen LogP contribution in [0.3, 0.4) is 0 Å². The lowest BCUT2D eigenvalue weighted by molar-refractivity contribution is -0.140. The van der Waals surface area contributed by atoms with Crippen LogP contribution in [0.15, 0.2) is 48.5 Å². The number of carbonyl (C=O) groups excluding carboxylic acids is 2. The largest absolute Gasteiger partial charge is 0.497 e. The molecule has 144 valence electrons. The molecule has 5 nitrogen and oxygen atoms in total. The highest BCUT2D eigenvalue weighted by molar-refractivity contribution is 5.88. The Hall–Kier alpha value is -2.89. The zero-order chi connectivity index (χ0) is 19.8. The molecule has 2 aromatic carbocycles. The third kappa shape index (κ3) is 5.54. The molecule has 1 atom stereocenters. The smallest absolute Gasteiger partial charge is 0.242 e. The van der Waals surface area contributed by atoms with Gasteiger partial charge in [0.25, 0.3) is 0 Å². The number of likely N-dealkylation sites (N-methyl/N-ethyl adjacent to an activating group) is 1. The lowest BCUT2D eigenvalue weighted by Gasteiger charge is -2.29. The van der Waals surface area contributed by atoms with Gasteiger partial charge in [-0.05, 0) is 37.6 Å². The Labute approximate surface area is 159 Å². The molecule has 2 aromatic rings. The van der Waals surface area contributed by atoms with E-state index in [-0.39, 0.29) is 24.8 Å². The van der Waals surface area contributed by atoms with E-state index in [1.807, 2.05) is 6.92 Å². The van der Waals surface area contributed by atoms with E-state index in [1.54, 1.807) is 56.5 Å². The number of benzene rings is 2. The summed E-state index contributed by atoms with van der Waals surface area (Å²) in [5, 5.41) is 2.72. The van der Waals surface area contributed by atoms with Crippen molar-refractivity contribution in [3.05, 3.63) is 65.5 Å². The van der Waals surface area contributed by atoms with E-state index in [9.17, 15) is 14.0 Å². The first-order valence-electron chi connectivity index (χ1n) is 8.89. The first-order valence-corrected chi connectivity index (χ1v) is 8.89. The topological polar surface area (TPSA) is 58.6 Å². The fourth-order valence-corrected chi connectivity index (χ4v) is 2.73. The Balaban J connectivity index is 2.22. The second kappa shape index (κ2) is 9.71. The van der Waals surface area contributed by atoms with Crippen LogP contribution in [0.25, 0.3) is 0 Å². The molecule has 0 aliphatic carbocycles. The molecule has 0 aromatic heterocycles. The molecule has 27 heavy (non-hydrogen) atoms. The van der Waals surface area contributed by atoms with Crippen molar-refractivity contribution in [3.63, 3.8) is 0 Å². The number of carbonyl (C=O) groups is 2. The average molecular weight is 372 g/mol. The number of methoxy groups -OCH3 is 1. The number of halogens is 1. The Bertz CT molecular complexity index is 777. The van der Waals surface area contributed by atoms with Gasteiger partial charge < -0.3 is 15.0 Å². The van der Waals surface area contributed by atoms with E-state index in [4.69, 9.17) is 4.74 Å². The van der Waals surface area contributed by atoms with Gasteiger partial charge in [0.1, 0.15) is 17.6 Å². The zero-order valence-corrected chi connectivity index (χ0v) is 15.9. The van der Waals surface area contributed by atoms with Gasteiger partial charge in [-0.15, -0.1) is 0 Å². The summed E-state index contributed by atoms with van der Waals surface area (Å²) in [6, 6.07) is 12.7. The highest BCUT2D eigenvalue weighted by Crippen LogP contribution is 2.16. The van der Waals surface area contributed by atoms with Crippen LogP contribution in [0.5, 0.6) is 5.75 Å². The molecule has 6 heteroatoms. The molecule has 0 bridgehead atoms. The van der Waals surface area contributed by atoms with E-state index in [0.717, 1.165) is 5.56 Å². The van der Waals surface area contributed by atoms with Gasteiger partial charge in [0, 0.05) is 18.7 Å². The summed E-state index contributed by atoms with van der Waals surface area (Å²) in [6.45, 7) is 3.95. The summed E-state index contributed by atoms with van der Waals surface area (Å²) in [6.07, 6.45) is 0.113. The zero-order valence-electron chi connectivity index (χ0n) is 15.9. The number of nitrogens with one attached hydrogen (secondary N) is 1. The maximum atomic E-state index is 14.1. The fourth-order valence-electron chi connectivity index (χ4n) is 2.73. The van der Waals surface area contributed by atoms with Crippen LogP contribution in [-0.2, 0) is 22.6 Å². The first-order chi connectivity index (χ1) is 13.0. The van der Waals surface area contributed by atoms with E-state index in [1.165, 1.54) is 11.0 Å². The molecule has 0 fully saturated rings. The molecule has 1 N–H and O–H groups in total. The molecular weight excluding hydrogens is 347 g/mol. The minimum atomic E-state index is -0.713. The highest BCUT2D eigenvalue weighted by atomic mass is 19.1. The molecule has 0 saturated heterocycles. The summed E-state index contributed by atoms with van der Waals surface area (Å²) >= 11 is 0. The molecule has 0 unspecified atom stereocenters. The van der Waals surface area contributed by atoms with Crippen molar-refractivity contribution in [1.29, 1.82) is 0 Å². The minimum Gasteiger partial charge on any atom is -0.497 e. The molecule has 0 heterocycles. The normalized spacial score (nSPS) is 11.6. The first kappa shape index (κ1) is 20.4. The number of hydrogen-bond donors (Lipinski definition) is 1. The van der Waals surface area contributed by atoms with Gasteiger partial charge in [-0.3, -0.25) is 9.59 Å². The average Bonchev–Trinajstić information content (AvgIpc) is 2.67. The third-order valence-electron chi connectivity index (χ3n) is 4.33. The maximum absolute atomic E-state index is 14.1. The highest BCUT2D eigenvalue weighted by Gasteiger charge is 2.26. The summed E-state index contributed by atoms with van der Waals surface area (Å²) in [5.41, 5.74) is 1.17. The SMILES string of the molecule is CCNC(=O)[C@@H](C)N(Cc1ccccc1F)C(=O)Cc1ccc(OC)cc1. The molecule has 0 aliphatic heterocycles. The number of rotatable bonds is 8. The van der Waals surface area contributed by atoms with Gasteiger partial charge in [0.05, 0.1) is 13.5 Å². The predicted octanol–water partition coefficient (Wildman–Crippen LogP) is 2.93. The van der Waals surface area contributed by atoms with E-state index < -0.39 is 11.9 Å². The molecule has 0 radical (unpaired) electrons. The number of hydrogen-bond acceptors (Lipinski definition) is 3. The Morgan fingerprint density at radius 2 is 1.81 bits per heavy atom. The molecule has 2 amide bonds. The molecule has 0 spiro atoms. The molecule has 0 aliphatic rings. The van der Waals surface area contributed by atoms with Crippen LogP contribution in [0.4, 0.5) is 4.39 Å². The molecule has 0 saturated carbocycles. The third-order valence-corrected chi connectivity index (χ3v) is 4.33. The summed E-state index contributed by atoms with van der Waals surface area (Å²) < 4.78 is 19.2. The summed E-state index contributed by atoms with van der Waals surface area (Å²) in [7, 11) is 1.57. The number of amides is 2. The predicted molar refractivity (Wildman–Crippen MR) is 102 cm³/mol. The van der Waals surface area contributed by atoms with E-state index in [0.29, 0.717) is 17.9 Å². The standard InChI is InChI=1S/C21H25FN2O3/c1-4-23-21(26)15(2)24(14-17-7-5-6-8-19(17)22)20(25)13-16-9-11-18(27-3)12-10-16/h5-12,15H,4,13-14H2,1-3H3,(H,23,26)/t15-/m1/s1. The summed E-state index contributed by atoms with van der Waals surface area (Å²) in [4.78, 5) is 26.6. The van der Waals surface area contributed by atoms with Gasteiger partial charge >= 0.3 is 0 Å². The van der Waals surface area contributed by atoms with Crippen LogP contribution in [0.1, 0.15) is 25.0 Å². The van der Waals surface area contributed by atoms with Crippen molar-refractivity contribution in [2.75, 3.05) is 13.7 Å². The number of ether oxygens (including phenoxy) is 1. The van der Waals surface area contributed by atoms with Crippen LogP contribution < -0.4 is 10.1 Å². The van der Waals surface area contributed by atoms with E-state index in [2.05, 4.69) is 5.32 Å².